The second kappa shape index (κ2) is 8.24. The van der Waals surface area contributed by atoms with Crippen LogP contribution in [-0.2, 0) is 5.75 Å². The minimum absolute atomic E-state index is 0.0552. The molecule has 0 N–H and O–H groups in total. The Balaban J connectivity index is 1.67. The van der Waals surface area contributed by atoms with E-state index in [9.17, 15) is 14.5 Å². The lowest BCUT2D eigenvalue weighted by Gasteiger charge is -2.10. The fourth-order valence-electron chi connectivity index (χ4n) is 2.85. The predicted molar refractivity (Wildman–Crippen MR) is 109 cm³/mol. The van der Waals surface area contributed by atoms with Crippen molar-refractivity contribution in [2.45, 2.75) is 10.9 Å². The van der Waals surface area contributed by atoms with Gasteiger partial charge in [-0.25, -0.2) is 4.39 Å². The number of para-hydroxylation sites is 1. The van der Waals surface area contributed by atoms with E-state index in [0.29, 0.717) is 22.3 Å². The van der Waals surface area contributed by atoms with E-state index in [1.54, 1.807) is 24.3 Å². The maximum absolute atomic E-state index is 13.7. The van der Waals surface area contributed by atoms with E-state index >= 15 is 0 Å². The number of nitro groups is 1. The summed E-state index contributed by atoms with van der Waals surface area (Å²) in [5, 5.41) is 20.0. The highest BCUT2D eigenvalue weighted by Crippen LogP contribution is 2.30. The molecular weight excluding hydrogens is 391 g/mol. The Labute approximate surface area is 170 Å². The van der Waals surface area contributed by atoms with E-state index in [-0.39, 0.29) is 11.5 Å². The van der Waals surface area contributed by atoms with Gasteiger partial charge < -0.3 is 0 Å². The van der Waals surface area contributed by atoms with Crippen molar-refractivity contribution in [3.63, 3.8) is 0 Å². The molecule has 0 unspecified atom stereocenters. The molecule has 0 aliphatic heterocycles. The lowest BCUT2D eigenvalue weighted by molar-refractivity contribution is -0.384. The zero-order chi connectivity index (χ0) is 20.2. The average Bonchev–Trinajstić information content (AvgIpc) is 3.17. The molecule has 6 nitrogen and oxygen atoms in total. The van der Waals surface area contributed by atoms with Gasteiger partial charge in [0.2, 0.25) is 0 Å². The quantitative estimate of drug-likeness (QED) is 0.248. The molecule has 3 aromatic carbocycles. The van der Waals surface area contributed by atoms with E-state index in [1.807, 2.05) is 34.9 Å². The van der Waals surface area contributed by atoms with Crippen molar-refractivity contribution in [3.05, 3.63) is 100 Å². The Morgan fingerprint density at radius 2 is 1.72 bits per heavy atom. The van der Waals surface area contributed by atoms with Gasteiger partial charge in [0.1, 0.15) is 5.82 Å². The van der Waals surface area contributed by atoms with Crippen LogP contribution in [0.25, 0.3) is 17.1 Å². The van der Waals surface area contributed by atoms with Gasteiger partial charge in [0.05, 0.1) is 4.92 Å². The van der Waals surface area contributed by atoms with Crippen LogP contribution >= 0.6 is 11.8 Å². The van der Waals surface area contributed by atoms with Crippen LogP contribution in [0.1, 0.15) is 5.56 Å². The molecule has 0 radical (unpaired) electrons. The molecule has 1 heterocycles. The first-order chi connectivity index (χ1) is 14.1. The Hall–Kier alpha value is -3.52. The minimum Gasteiger partial charge on any atom is -0.270 e. The molecule has 0 bridgehead atoms. The Bertz CT molecular complexity index is 1150. The largest absolute Gasteiger partial charge is 0.270 e. The van der Waals surface area contributed by atoms with Crippen molar-refractivity contribution in [2.24, 2.45) is 0 Å². The van der Waals surface area contributed by atoms with Crippen molar-refractivity contribution >= 4 is 17.4 Å². The van der Waals surface area contributed by atoms with Crippen molar-refractivity contribution in [2.75, 3.05) is 0 Å². The van der Waals surface area contributed by atoms with Gasteiger partial charge in [-0.15, -0.1) is 10.2 Å². The van der Waals surface area contributed by atoms with Crippen molar-refractivity contribution < 1.29 is 9.31 Å². The first-order valence-corrected chi connectivity index (χ1v) is 9.73. The van der Waals surface area contributed by atoms with E-state index in [1.165, 1.54) is 36.0 Å². The van der Waals surface area contributed by atoms with Gasteiger partial charge in [-0.2, -0.15) is 0 Å². The second-order valence-corrected chi connectivity index (χ2v) is 7.14. The zero-order valence-electron chi connectivity index (χ0n) is 15.1. The average molecular weight is 406 g/mol. The highest BCUT2D eigenvalue weighted by Gasteiger charge is 2.17. The SMILES string of the molecule is O=[N+]([O-])c1ccc(CSc2nnc(-c3cccc(F)c3)n2-c2ccccc2)cc1. The van der Waals surface area contributed by atoms with Gasteiger partial charge in [-0.1, -0.05) is 54.2 Å². The predicted octanol–water partition coefficient (Wildman–Crippen LogP) is 5.27. The van der Waals surface area contributed by atoms with Crippen molar-refractivity contribution in [1.82, 2.24) is 14.8 Å². The van der Waals surface area contributed by atoms with Gasteiger partial charge in [0.15, 0.2) is 11.0 Å². The van der Waals surface area contributed by atoms with E-state index < -0.39 is 4.92 Å². The number of hydrogen-bond donors (Lipinski definition) is 0. The highest BCUT2D eigenvalue weighted by atomic mass is 32.2. The number of nitro benzene ring substituents is 1. The van der Waals surface area contributed by atoms with Gasteiger partial charge >= 0.3 is 0 Å². The molecule has 0 fully saturated rings. The third kappa shape index (κ3) is 4.17. The van der Waals surface area contributed by atoms with E-state index in [0.717, 1.165) is 11.3 Å². The topological polar surface area (TPSA) is 73.8 Å². The zero-order valence-corrected chi connectivity index (χ0v) is 15.9. The fourth-order valence-corrected chi connectivity index (χ4v) is 3.76. The molecule has 0 saturated carbocycles. The van der Waals surface area contributed by atoms with Crippen LogP contribution < -0.4 is 0 Å². The van der Waals surface area contributed by atoms with E-state index in [4.69, 9.17) is 0 Å². The molecule has 0 aliphatic carbocycles. The summed E-state index contributed by atoms with van der Waals surface area (Å²) in [5.41, 5.74) is 2.47. The molecule has 8 heteroatoms. The lowest BCUT2D eigenvalue weighted by Crippen LogP contribution is -2.00. The Morgan fingerprint density at radius 3 is 2.41 bits per heavy atom. The molecule has 0 aliphatic rings. The molecular formula is C21H15FN4O2S. The third-order valence-electron chi connectivity index (χ3n) is 4.25. The van der Waals surface area contributed by atoms with Crippen LogP contribution in [0.15, 0.2) is 84.0 Å². The lowest BCUT2D eigenvalue weighted by atomic mass is 10.2. The molecule has 1 aromatic heterocycles. The Kier molecular flexibility index (Phi) is 5.35. The number of thioether (sulfide) groups is 1. The Morgan fingerprint density at radius 1 is 0.966 bits per heavy atom. The normalized spacial score (nSPS) is 10.8. The van der Waals surface area contributed by atoms with Crippen LogP contribution in [0.3, 0.4) is 0 Å². The first kappa shape index (κ1) is 18.8. The summed E-state index contributed by atoms with van der Waals surface area (Å²) in [5.74, 6) is 0.763. The maximum atomic E-state index is 13.7. The molecule has 29 heavy (non-hydrogen) atoms. The number of benzene rings is 3. The molecule has 0 amide bonds. The number of aromatic nitrogens is 3. The molecule has 0 atom stereocenters. The van der Waals surface area contributed by atoms with Crippen molar-refractivity contribution in [1.29, 1.82) is 0 Å². The summed E-state index contributed by atoms with van der Waals surface area (Å²) >= 11 is 1.45. The van der Waals surface area contributed by atoms with Crippen LogP contribution in [0, 0.1) is 15.9 Å². The van der Waals surface area contributed by atoms with Crippen LogP contribution in [0.4, 0.5) is 10.1 Å². The summed E-state index contributed by atoms with van der Waals surface area (Å²) in [6, 6.07) is 22.3. The van der Waals surface area contributed by atoms with Crippen LogP contribution in [-0.4, -0.2) is 19.7 Å². The first-order valence-electron chi connectivity index (χ1n) is 8.75. The number of hydrogen-bond acceptors (Lipinski definition) is 5. The van der Waals surface area contributed by atoms with Gasteiger partial charge in [-0.3, -0.25) is 14.7 Å². The smallest absolute Gasteiger partial charge is 0.269 e. The molecule has 0 saturated heterocycles. The van der Waals surface area contributed by atoms with Crippen molar-refractivity contribution in [3.8, 4) is 17.1 Å². The summed E-state index contributed by atoms with van der Waals surface area (Å²) in [6.07, 6.45) is 0. The number of non-ortho nitro benzene ring substituents is 1. The highest BCUT2D eigenvalue weighted by molar-refractivity contribution is 7.98. The molecule has 4 rings (SSSR count). The molecule has 0 spiro atoms. The van der Waals surface area contributed by atoms with Crippen LogP contribution in [0.2, 0.25) is 0 Å². The number of nitrogens with zero attached hydrogens (tertiary/aromatic N) is 4. The molecule has 144 valence electrons. The summed E-state index contributed by atoms with van der Waals surface area (Å²) in [7, 11) is 0. The number of halogens is 1. The van der Waals surface area contributed by atoms with Gasteiger partial charge in [-0.05, 0) is 29.8 Å². The summed E-state index contributed by atoms with van der Waals surface area (Å²) < 4.78 is 15.6. The van der Waals surface area contributed by atoms with E-state index in [2.05, 4.69) is 10.2 Å². The second-order valence-electron chi connectivity index (χ2n) is 6.20. The fraction of sp³-hybridized carbons (Fsp3) is 0.0476. The van der Waals surface area contributed by atoms with Gasteiger partial charge in [0, 0.05) is 29.1 Å². The molecule has 4 aromatic rings. The number of rotatable bonds is 6. The van der Waals surface area contributed by atoms with Crippen LogP contribution in [0.5, 0.6) is 0 Å². The standard InChI is InChI=1S/C21H15FN4O2S/c22-17-6-4-5-16(13-17)20-23-24-21(25(20)18-7-2-1-3-8-18)29-14-15-9-11-19(12-10-15)26(27)28/h1-13H,14H2. The summed E-state index contributed by atoms with van der Waals surface area (Å²) in [6.45, 7) is 0. The third-order valence-corrected chi connectivity index (χ3v) is 5.25. The summed E-state index contributed by atoms with van der Waals surface area (Å²) in [4.78, 5) is 10.4. The monoisotopic (exact) mass is 406 g/mol. The van der Waals surface area contributed by atoms with Gasteiger partial charge in [0.25, 0.3) is 5.69 Å². The maximum Gasteiger partial charge on any atom is 0.269 e. The minimum atomic E-state index is -0.422.